The molecule has 148 valence electrons. The highest BCUT2D eigenvalue weighted by Gasteiger charge is 2.19. The van der Waals surface area contributed by atoms with Gasteiger partial charge in [-0.25, -0.2) is 4.39 Å². The van der Waals surface area contributed by atoms with E-state index in [4.69, 9.17) is 0 Å². The van der Waals surface area contributed by atoms with Gasteiger partial charge in [0.1, 0.15) is 11.7 Å². The maximum Gasteiger partial charge on any atom is 0.284 e. The molecule has 28 heavy (non-hydrogen) atoms. The highest BCUT2D eigenvalue weighted by molar-refractivity contribution is 7.90. The van der Waals surface area contributed by atoms with E-state index in [9.17, 15) is 17.6 Å². The maximum atomic E-state index is 13.3. The summed E-state index contributed by atoms with van der Waals surface area (Å²) in [4.78, 5) is 14.1. The number of anilines is 1. The van der Waals surface area contributed by atoms with Crippen molar-refractivity contribution in [1.29, 1.82) is 0 Å². The van der Waals surface area contributed by atoms with Gasteiger partial charge in [-0.2, -0.15) is 8.42 Å². The van der Waals surface area contributed by atoms with Crippen LogP contribution in [-0.2, 0) is 10.0 Å². The Kier molecular flexibility index (Phi) is 6.08. The summed E-state index contributed by atoms with van der Waals surface area (Å²) in [5.74, 6) is -0.497. The summed E-state index contributed by atoms with van der Waals surface area (Å²) in [5, 5.41) is 2.59. The zero-order valence-electron chi connectivity index (χ0n) is 15.6. The van der Waals surface area contributed by atoms with Gasteiger partial charge in [0.05, 0.1) is 4.90 Å². The molecule has 1 aliphatic rings. The van der Waals surface area contributed by atoms with Gasteiger partial charge in [-0.1, -0.05) is 18.6 Å². The highest BCUT2D eigenvalue weighted by atomic mass is 32.2. The van der Waals surface area contributed by atoms with Crippen LogP contribution in [0.5, 0.6) is 0 Å². The Morgan fingerprint density at radius 1 is 1.11 bits per heavy atom. The van der Waals surface area contributed by atoms with E-state index in [0.717, 1.165) is 31.9 Å². The molecule has 3 rings (SSSR count). The van der Waals surface area contributed by atoms with E-state index in [2.05, 4.69) is 9.71 Å². The van der Waals surface area contributed by atoms with Gasteiger partial charge in [-0.3, -0.25) is 4.79 Å². The first-order chi connectivity index (χ1) is 13.3. The van der Waals surface area contributed by atoms with E-state index < -0.39 is 21.7 Å². The number of sulfonamides is 1. The van der Waals surface area contributed by atoms with Crippen molar-refractivity contribution in [1.82, 2.24) is 4.90 Å². The molecule has 0 bridgehead atoms. The molecule has 8 heteroatoms. The Labute approximate surface area is 164 Å². The first-order valence-electron chi connectivity index (χ1n) is 9.07. The zero-order valence-corrected chi connectivity index (χ0v) is 16.4. The minimum Gasteiger partial charge on any atom is -0.362 e. The minimum atomic E-state index is -3.90. The molecule has 1 saturated heterocycles. The second-order valence-electron chi connectivity index (χ2n) is 6.71. The number of amides is 1. The Morgan fingerprint density at radius 2 is 1.89 bits per heavy atom. The number of rotatable bonds is 4. The van der Waals surface area contributed by atoms with E-state index >= 15 is 0 Å². The largest absolute Gasteiger partial charge is 0.362 e. The first kappa shape index (κ1) is 20.0. The number of hydrogen-bond acceptors (Lipinski definition) is 3. The molecule has 1 heterocycles. The van der Waals surface area contributed by atoms with Gasteiger partial charge in [-0.15, -0.1) is 4.40 Å². The molecule has 0 saturated carbocycles. The van der Waals surface area contributed by atoms with Crippen molar-refractivity contribution in [2.24, 2.45) is 4.40 Å². The molecule has 1 N–H and O–H groups in total. The number of hydrogen-bond donors (Lipinski definition) is 1. The summed E-state index contributed by atoms with van der Waals surface area (Å²) in [6.07, 6.45) is 3.58. The van der Waals surface area contributed by atoms with Crippen molar-refractivity contribution in [2.45, 2.75) is 30.6 Å². The van der Waals surface area contributed by atoms with Crippen LogP contribution in [0.1, 0.15) is 36.0 Å². The van der Waals surface area contributed by atoms with Crippen LogP contribution in [0.25, 0.3) is 0 Å². The number of nitrogens with one attached hydrogen (secondary N) is 1. The molecule has 1 amide bonds. The molecule has 0 radical (unpaired) electrons. The summed E-state index contributed by atoms with van der Waals surface area (Å²) in [7, 11) is -2.06. The Morgan fingerprint density at radius 3 is 2.68 bits per heavy atom. The molecule has 2 aromatic rings. The van der Waals surface area contributed by atoms with Gasteiger partial charge in [-0.05, 0) is 49.2 Å². The lowest BCUT2D eigenvalue weighted by Crippen LogP contribution is -2.26. The van der Waals surface area contributed by atoms with E-state index in [-0.39, 0.29) is 10.5 Å². The van der Waals surface area contributed by atoms with Gasteiger partial charge in [0.2, 0.25) is 0 Å². The van der Waals surface area contributed by atoms with Crippen molar-refractivity contribution >= 4 is 27.5 Å². The van der Waals surface area contributed by atoms with E-state index in [1.54, 1.807) is 6.07 Å². The van der Waals surface area contributed by atoms with E-state index in [1.807, 2.05) is 11.9 Å². The lowest BCUT2D eigenvalue weighted by Gasteiger charge is -2.17. The standard InChI is InChI=1S/C20H22FN3O3S/c1-24-12-4-2-3-11-19(24)23-28(26,27)18-10-6-9-17(14-18)22-20(25)15-7-5-8-16(21)13-15/h5-10,13-14H,2-4,11-12H2,1H3,(H,22,25). The van der Waals surface area contributed by atoms with Crippen molar-refractivity contribution in [2.75, 3.05) is 18.9 Å². The highest BCUT2D eigenvalue weighted by Crippen LogP contribution is 2.20. The van der Waals surface area contributed by atoms with Crippen LogP contribution in [-0.4, -0.2) is 38.7 Å². The molecular weight excluding hydrogens is 381 g/mol. The van der Waals surface area contributed by atoms with Crippen LogP contribution in [0.15, 0.2) is 57.8 Å². The Bertz CT molecular complexity index is 1010. The molecule has 1 aliphatic heterocycles. The minimum absolute atomic E-state index is 0.00492. The van der Waals surface area contributed by atoms with Crippen LogP contribution in [0.4, 0.5) is 10.1 Å². The maximum absolute atomic E-state index is 13.3. The number of benzene rings is 2. The summed E-state index contributed by atoms with van der Waals surface area (Å²) < 4.78 is 42.8. The molecule has 2 aromatic carbocycles. The van der Waals surface area contributed by atoms with Gasteiger partial charge in [0, 0.05) is 31.3 Å². The monoisotopic (exact) mass is 403 g/mol. The van der Waals surface area contributed by atoms with Gasteiger partial charge in [0.15, 0.2) is 0 Å². The van der Waals surface area contributed by atoms with E-state index in [1.165, 1.54) is 36.4 Å². The SMILES string of the molecule is CN1CCCCCC1=NS(=O)(=O)c1cccc(NC(=O)c2cccc(F)c2)c1. The predicted molar refractivity (Wildman–Crippen MR) is 107 cm³/mol. The number of amidine groups is 1. The third-order valence-electron chi connectivity index (χ3n) is 4.54. The van der Waals surface area contributed by atoms with Crippen LogP contribution in [0.2, 0.25) is 0 Å². The molecule has 0 unspecified atom stereocenters. The van der Waals surface area contributed by atoms with Gasteiger partial charge in [0.25, 0.3) is 15.9 Å². The summed E-state index contributed by atoms with van der Waals surface area (Å²) in [6, 6.07) is 11.2. The lowest BCUT2D eigenvalue weighted by molar-refractivity contribution is 0.102. The quantitative estimate of drug-likeness (QED) is 0.845. The van der Waals surface area contributed by atoms with Gasteiger partial charge >= 0.3 is 0 Å². The fourth-order valence-electron chi connectivity index (χ4n) is 3.00. The Balaban J connectivity index is 1.83. The molecule has 1 fully saturated rings. The summed E-state index contributed by atoms with van der Waals surface area (Å²) >= 11 is 0. The van der Waals surface area contributed by atoms with Gasteiger partial charge < -0.3 is 10.2 Å². The first-order valence-corrected chi connectivity index (χ1v) is 10.5. The zero-order chi connectivity index (χ0) is 20.1. The summed E-state index contributed by atoms with van der Waals surface area (Å²) in [6.45, 7) is 0.776. The van der Waals surface area contributed by atoms with Crippen molar-refractivity contribution in [3.05, 3.63) is 59.9 Å². The van der Waals surface area contributed by atoms with Crippen LogP contribution in [0.3, 0.4) is 0 Å². The van der Waals surface area contributed by atoms with Crippen LogP contribution in [0, 0.1) is 5.82 Å². The number of nitrogens with zero attached hydrogens (tertiary/aromatic N) is 2. The van der Waals surface area contributed by atoms with Crippen LogP contribution >= 0.6 is 0 Å². The molecule has 0 atom stereocenters. The molecule has 0 aliphatic carbocycles. The fraction of sp³-hybridized carbons (Fsp3) is 0.300. The Hall–Kier alpha value is -2.74. The number of halogens is 1. The third kappa shape index (κ3) is 4.95. The summed E-state index contributed by atoms with van der Waals surface area (Å²) in [5.41, 5.74) is 0.443. The number of carbonyl (C=O) groups is 1. The number of likely N-dealkylation sites (tertiary alicyclic amines) is 1. The van der Waals surface area contributed by atoms with Crippen molar-refractivity contribution < 1.29 is 17.6 Å². The number of carbonyl (C=O) groups excluding carboxylic acids is 1. The second-order valence-corrected chi connectivity index (χ2v) is 8.31. The third-order valence-corrected chi connectivity index (χ3v) is 5.84. The van der Waals surface area contributed by atoms with Crippen molar-refractivity contribution in [3.8, 4) is 0 Å². The molecule has 0 aromatic heterocycles. The van der Waals surface area contributed by atoms with Crippen LogP contribution < -0.4 is 5.32 Å². The average Bonchev–Trinajstić information content (AvgIpc) is 2.86. The topological polar surface area (TPSA) is 78.8 Å². The smallest absolute Gasteiger partial charge is 0.284 e. The molecule has 0 spiro atoms. The molecular formula is C20H22FN3O3S. The van der Waals surface area contributed by atoms with Crippen molar-refractivity contribution in [3.63, 3.8) is 0 Å². The second kappa shape index (κ2) is 8.52. The average molecular weight is 403 g/mol. The fourth-order valence-corrected chi connectivity index (χ4v) is 4.14. The molecule has 6 nitrogen and oxygen atoms in total. The predicted octanol–water partition coefficient (Wildman–Crippen LogP) is 3.67. The lowest BCUT2D eigenvalue weighted by atomic mass is 10.2. The van der Waals surface area contributed by atoms with E-state index in [0.29, 0.717) is 17.9 Å². The normalized spacial score (nSPS) is 16.6.